The number of ether oxygens (including phenoxy) is 1. The first-order valence-corrected chi connectivity index (χ1v) is 12.7. The van der Waals surface area contributed by atoms with Gasteiger partial charge in [-0.25, -0.2) is 13.7 Å². The lowest BCUT2D eigenvalue weighted by Crippen LogP contribution is -2.49. The Balaban J connectivity index is 1.55. The van der Waals surface area contributed by atoms with Gasteiger partial charge in [-0.05, 0) is 12.8 Å². The number of amidine groups is 1. The summed E-state index contributed by atoms with van der Waals surface area (Å²) >= 11 is 0. The molecule has 31 heavy (non-hydrogen) atoms. The Morgan fingerprint density at radius 2 is 1.87 bits per heavy atom. The highest BCUT2D eigenvalue weighted by molar-refractivity contribution is 7.66. The molecule has 0 radical (unpaired) electrons. The molecule has 0 bridgehead atoms. The largest absolute Gasteiger partial charge is 0.490 e. The van der Waals surface area contributed by atoms with Gasteiger partial charge in [-0.2, -0.15) is 23.0 Å². The molecule has 3 aliphatic heterocycles. The zero-order valence-corrected chi connectivity index (χ0v) is 17.8. The highest BCUT2D eigenvalue weighted by Crippen LogP contribution is 2.66. The van der Waals surface area contributed by atoms with Gasteiger partial charge in [-0.15, -0.1) is 0 Å². The maximum atomic E-state index is 14.1. The van der Waals surface area contributed by atoms with Crippen molar-refractivity contribution in [3.63, 3.8) is 0 Å². The molecule has 3 rings (SSSR count). The lowest BCUT2D eigenvalue weighted by Gasteiger charge is -2.28. The van der Waals surface area contributed by atoms with Gasteiger partial charge in [0.25, 0.3) is 0 Å². The number of nitrogens with zero attached hydrogens (tertiary/aromatic N) is 4. The van der Waals surface area contributed by atoms with Crippen molar-refractivity contribution in [3.8, 4) is 0 Å². The zero-order chi connectivity index (χ0) is 23.2. The third kappa shape index (κ3) is 6.22. The molecule has 0 aromatic heterocycles. The SMILES string of the molecule is NC1=NC(O)(F)C2=NCN([C@H]3CC[C@@H](COP(=O)(O)OP(=O)(O)OP(=O)(O)O)O3)C2=N1. The van der Waals surface area contributed by atoms with E-state index in [0.717, 1.165) is 0 Å². The Labute approximate surface area is 172 Å². The van der Waals surface area contributed by atoms with Gasteiger partial charge < -0.3 is 40.1 Å². The van der Waals surface area contributed by atoms with E-state index in [9.17, 15) is 28.1 Å². The number of phosphoric acid groups is 3. The molecule has 0 saturated carbocycles. The average Bonchev–Trinajstić information content (AvgIpc) is 3.15. The monoisotopic (exact) mass is 511 g/mol. The number of fused-ring (bicyclic) bond motifs is 1. The van der Waals surface area contributed by atoms with Crippen molar-refractivity contribution in [2.45, 2.75) is 31.2 Å². The number of nitrogens with two attached hydrogens (primary N) is 1. The summed E-state index contributed by atoms with van der Waals surface area (Å²) in [6.45, 7) is -0.776. The maximum absolute atomic E-state index is 14.1. The molecule has 176 valence electrons. The highest BCUT2D eigenvalue weighted by atomic mass is 31.3. The molecule has 21 heteroatoms. The minimum atomic E-state index is -5.62. The first kappa shape index (κ1) is 24.5. The molecule has 3 unspecified atom stereocenters. The van der Waals surface area contributed by atoms with Crippen LogP contribution in [0.1, 0.15) is 12.8 Å². The van der Waals surface area contributed by atoms with Crippen molar-refractivity contribution in [2.24, 2.45) is 20.7 Å². The minimum absolute atomic E-state index is 0.101. The van der Waals surface area contributed by atoms with Gasteiger partial charge in [0, 0.05) is 0 Å². The minimum Gasteiger partial charge on any atom is -0.368 e. The fourth-order valence-corrected chi connectivity index (χ4v) is 5.91. The van der Waals surface area contributed by atoms with Crippen molar-refractivity contribution >= 4 is 41.0 Å². The summed E-state index contributed by atoms with van der Waals surface area (Å²) in [5.74, 6) is -3.77. The number of halogens is 1. The Kier molecular flexibility index (Phi) is 6.59. The topological polar surface area (TPSA) is 256 Å². The van der Waals surface area contributed by atoms with Crippen LogP contribution in [0.3, 0.4) is 0 Å². The van der Waals surface area contributed by atoms with Crippen LogP contribution in [-0.2, 0) is 31.6 Å². The number of aliphatic imine (C=N–C) groups is 3. The predicted octanol–water partition coefficient (Wildman–Crippen LogP) is -1.11. The fraction of sp³-hybridized carbons (Fsp3) is 0.700. The number of hydrogen-bond donors (Lipinski definition) is 6. The predicted molar refractivity (Wildman–Crippen MR) is 97.0 cm³/mol. The molecule has 3 heterocycles. The number of phosphoric ester groups is 1. The Hall–Kier alpha value is -1.13. The zero-order valence-electron chi connectivity index (χ0n) is 15.2. The van der Waals surface area contributed by atoms with Crippen LogP contribution < -0.4 is 5.73 Å². The second-order valence-corrected chi connectivity index (χ2v) is 10.7. The quantitative estimate of drug-likeness (QED) is 0.167. The van der Waals surface area contributed by atoms with E-state index in [-0.39, 0.29) is 25.3 Å². The molecule has 0 spiro atoms. The molecule has 7 N–H and O–H groups in total. The summed E-state index contributed by atoms with van der Waals surface area (Å²) in [4.78, 5) is 47.7. The van der Waals surface area contributed by atoms with Gasteiger partial charge in [-0.1, -0.05) is 0 Å². The molecule has 3 aliphatic rings. The van der Waals surface area contributed by atoms with Crippen molar-refractivity contribution in [2.75, 3.05) is 13.3 Å². The second kappa shape index (κ2) is 8.33. The van der Waals surface area contributed by atoms with E-state index in [1.54, 1.807) is 0 Å². The van der Waals surface area contributed by atoms with Crippen LogP contribution in [0.2, 0.25) is 0 Å². The second-order valence-electron chi connectivity index (χ2n) is 6.29. The summed E-state index contributed by atoms with van der Waals surface area (Å²) in [5, 5.41) is 9.66. The van der Waals surface area contributed by atoms with Crippen LogP contribution >= 0.6 is 23.5 Å². The van der Waals surface area contributed by atoms with E-state index in [0.29, 0.717) is 0 Å². The van der Waals surface area contributed by atoms with Crippen LogP contribution in [0.5, 0.6) is 0 Å². The number of guanidine groups is 1. The van der Waals surface area contributed by atoms with Crippen LogP contribution in [-0.4, -0.2) is 78.7 Å². The van der Waals surface area contributed by atoms with E-state index in [4.69, 9.17) is 25.2 Å². The van der Waals surface area contributed by atoms with Crippen LogP contribution in [0, 0.1) is 0 Å². The fourth-order valence-electron chi connectivity index (χ4n) is 2.87. The normalized spacial score (nSPS) is 32.6. The molecule has 0 aromatic rings. The summed E-state index contributed by atoms with van der Waals surface area (Å²) < 4.78 is 65.1. The van der Waals surface area contributed by atoms with Gasteiger partial charge in [-0.3, -0.25) is 9.52 Å². The van der Waals surface area contributed by atoms with Crippen molar-refractivity contribution in [3.05, 3.63) is 0 Å². The molecular formula is C10H17FN5O12P3. The van der Waals surface area contributed by atoms with Crippen molar-refractivity contribution in [1.29, 1.82) is 0 Å². The first-order valence-electron chi connectivity index (χ1n) is 8.18. The van der Waals surface area contributed by atoms with Crippen molar-refractivity contribution in [1.82, 2.24) is 4.90 Å². The molecule has 0 aliphatic carbocycles. The smallest absolute Gasteiger partial charge is 0.368 e. The molecule has 5 atom stereocenters. The number of hydrogen-bond acceptors (Lipinski definition) is 13. The van der Waals surface area contributed by atoms with E-state index < -0.39 is 60.1 Å². The molecule has 1 fully saturated rings. The van der Waals surface area contributed by atoms with Crippen LogP contribution in [0.4, 0.5) is 4.39 Å². The standard InChI is InChI=1S/C10H17FN5O12P3/c11-10(17)7-8(14-9(12)15-10)16(4-13-7)6-2-1-5(26-6)3-25-30(21,22)28-31(23,24)27-29(18,19)20/h5-6,17H,1-4H2,(H2,12,15)(H,21,22)(H,23,24)(H2,18,19,20)/t5-,6+,10?/m0/s1. The van der Waals surface area contributed by atoms with Gasteiger partial charge >= 0.3 is 29.4 Å². The Morgan fingerprint density at radius 1 is 1.19 bits per heavy atom. The maximum Gasteiger partial charge on any atom is 0.490 e. The highest BCUT2D eigenvalue weighted by Gasteiger charge is 2.48. The van der Waals surface area contributed by atoms with E-state index in [2.05, 4.69) is 28.1 Å². The average molecular weight is 511 g/mol. The lowest BCUT2D eigenvalue weighted by atomic mass is 10.2. The third-order valence-corrected chi connectivity index (χ3v) is 7.72. The summed E-state index contributed by atoms with van der Waals surface area (Å²) in [6.07, 6.45) is -1.09. The summed E-state index contributed by atoms with van der Waals surface area (Å²) in [7, 11) is -16.4. The van der Waals surface area contributed by atoms with Gasteiger partial charge in [0.1, 0.15) is 12.9 Å². The van der Waals surface area contributed by atoms with Gasteiger partial charge in [0.05, 0.1) is 12.7 Å². The number of rotatable bonds is 8. The summed E-state index contributed by atoms with van der Waals surface area (Å²) in [5.41, 5.74) is 4.93. The molecule has 1 saturated heterocycles. The van der Waals surface area contributed by atoms with Crippen LogP contribution in [0.25, 0.3) is 0 Å². The molecule has 17 nitrogen and oxygen atoms in total. The Morgan fingerprint density at radius 3 is 2.52 bits per heavy atom. The number of alkyl halides is 1. The van der Waals surface area contributed by atoms with Gasteiger partial charge in [0.2, 0.25) is 5.96 Å². The molecule has 0 aromatic carbocycles. The van der Waals surface area contributed by atoms with E-state index in [1.165, 1.54) is 4.90 Å². The van der Waals surface area contributed by atoms with Gasteiger partial charge in [0.15, 0.2) is 11.5 Å². The Bertz CT molecular complexity index is 980. The van der Waals surface area contributed by atoms with Crippen molar-refractivity contribution < 1.29 is 60.6 Å². The third-order valence-electron chi connectivity index (χ3n) is 3.92. The van der Waals surface area contributed by atoms with E-state index >= 15 is 0 Å². The molecular weight excluding hydrogens is 494 g/mol. The van der Waals surface area contributed by atoms with Crippen LogP contribution in [0.15, 0.2) is 15.0 Å². The summed E-state index contributed by atoms with van der Waals surface area (Å²) in [6, 6.07) is 0. The molecule has 0 amide bonds. The lowest BCUT2D eigenvalue weighted by molar-refractivity contribution is -0.0393. The number of aliphatic hydroxyl groups is 1. The first-order chi connectivity index (χ1) is 14.1. The van der Waals surface area contributed by atoms with E-state index in [1.807, 2.05) is 0 Å².